The summed E-state index contributed by atoms with van der Waals surface area (Å²) >= 11 is 0. The number of likely N-dealkylation sites (N-methyl/N-ethyl adjacent to an activating group) is 1. The highest BCUT2D eigenvalue weighted by Gasteiger charge is 2.40. The van der Waals surface area contributed by atoms with Crippen LogP contribution in [0.25, 0.3) is 0 Å². The molecule has 0 heterocycles. The Bertz CT molecular complexity index is 308. The molecule has 0 unspecified atom stereocenters. The largest absolute Gasteiger partial charge is 0.368 e. The molecule has 6 heteroatoms. The first kappa shape index (κ1) is 13.9. The first-order chi connectivity index (χ1) is 7.85. The minimum Gasteiger partial charge on any atom is -0.368 e. The van der Waals surface area contributed by atoms with Crippen LogP contribution in [-0.2, 0) is 9.59 Å². The van der Waals surface area contributed by atoms with E-state index in [4.69, 9.17) is 5.73 Å². The summed E-state index contributed by atoms with van der Waals surface area (Å²) in [6.07, 6.45) is 0.237. The fourth-order valence-corrected chi connectivity index (χ4v) is 2.17. The van der Waals surface area contributed by atoms with E-state index in [0.29, 0.717) is 19.4 Å². The third-order valence-electron chi connectivity index (χ3n) is 3.03. The summed E-state index contributed by atoms with van der Waals surface area (Å²) in [4.78, 5) is 23.9. The standard InChI is InChI=1S/C11H18F2N2O2/c1-2-15(7-9(14)16)10(17)8-4-3-5-11(12,13)6-8/h8H,2-7H2,1H3,(H2,14,16)/t8-/m0/s1. The van der Waals surface area contributed by atoms with Gasteiger partial charge in [-0.1, -0.05) is 0 Å². The molecule has 1 fully saturated rings. The number of rotatable bonds is 4. The fraction of sp³-hybridized carbons (Fsp3) is 0.818. The second-order valence-electron chi connectivity index (χ2n) is 4.47. The van der Waals surface area contributed by atoms with Crippen LogP contribution >= 0.6 is 0 Å². The number of nitrogens with two attached hydrogens (primary N) is 1. The summed E-state index contributed by atoms with van der Waals surface area (Å²) in [6.45, 7) is 1.81. The van der Waals surface area contributed by atoms with Gasteiger partial charge in [-0.3, -0.25) is 9.59 Å². The van der Waals surface area contributed by atoms with Crippen LogP contribution in [0.2, 0.25) is 0 Å². The number of hydrogen-bond acceptors (Lipinski definition) is 2. The second kappa shape index (κ2) is 5.42. The Morgan fingerprint density at radius 2 is 2.12 bits per heavy atom. The Balaban J connectivity index is 2.64. The summed E-state index contributed by atoms with van der Waals surface area (Å²) in [5.41, 5.74) is 5.01. The number of halogens is 2. The number of alkyl halides is 2. The highest BCUT2D eigenvalue weighted by Crippen LogP contribution is 2.37. The van der Waals surface area contributed by atoms with Crippen LogP contribution in [0.1, 0.15) is 32.6 Å². The summed E-state index contributed by atoms with van der Waals surface area (Å²) in [5.74, 6) is -4.45. The molecule has 98 valence electrons. The predicted molar refractivity (Wildman–Crippen MR) is 58.4 cm³/mol. The molecule has 0 aliphatic heterocycles. The number of carbonyl (C=O) groups is 2. The van der Waals surface area contributed by atoms with Crippen LogP contribution in [0.5, 0.6) is 0 Å². The van der Waals surface area contributed by atoms with Gasteiger partial charge in [0.25, 0.3) is 0 Å². The van der Waals surface area contributed by atoms with E-state index in [9.17, 15) is 18.4 Å². The SMILES string of the molecule is CCN(CC(N)=O)C(=O)[C@H]1CCCC(F)(F)C1. The summed E-state index contributed by atoms with van der Waals surface area (Å²) in [5, 5.41) is 0. The molecule has 1 rings (SSSR count). The fourth-order valence-electron chi connectivity index (χ4n) is 2.17. The Hall–Kier alpha value is -1.20. The van der Waals surface area contributed by atoms with E-state index in [1.54, 1.807) is 6.92 Å². The van der Waals surface area contributed by atoms with E-state index < -0.39 is 24.2 Å². The van der Waals surface area contributed by atoms with Crippen molar-refractivity contribution in [3.05, 3.63) is 0 Å². The van der Waals surface area contributed by atoms with E-state index in [0.717, 1.165) is 0 Å². The molecule has 0 aromatic carbocycles. The maximum Gasteiger partial charge on any atom is 0.248 e. The van der Waals surface area contributed by atoms with Crippen molar-refractivity contribution in [2.45, 2.75) is 38.5 Å². The van der Waals surface area contributed by atoms with Crippen LogP contribution in [0.3, 0.4) is 0 Å². The number of primary amides is 1. The van der Waals surface area contributed by atoms with Gasteiger partial charge < -0.3 is 10.6 Å². The first-order valence-corrected chi connectivity index (χ1v) is 5.80. The molecule has 1 aliphatic rings. The molecule has 4 nitrogen and oxygen atoms in total. The van der Waals surface area contributed by atoms with Crippen molar-refractivity contribution < 1.29 is 18.4 Å². The van der Waals surface area contributed by atoms with Gasteiger partial charge in [-0.15, -0.1) is 0 Å². The van der Waals surface area contributed by atoms with Crippen LogP contribution in [0.15, 0.2) is 0 Å². The molecule has 17 heavy (non-hydrogen) atoms. The van der Waals surface area contributed by atoms with E-state index in [-0.39, 0.29) is 18.9 Å². The minimum absolute atomic E-state index is 0.154. The normalized spacial score (nSPS) is 23.1. The van der Waals surface area contributed by atoms with Crippen molar-refractivity contribution in [3.63, 3.8) is 0 Å². The van der Waals surface area contributed by atoms with Gasteiger partial charge in [0.2, 0.25) is 17.7 Å². The number of nitrogens with zero attached hydrogens (tertiary/aromatic N) is 1. The molecule has 1 atom stereocenters. The zero-order valence-electron chi connectivity index (χ0n) is 9.92. The van der Waals surface area contributed by atoms with Crippen LogP contribution in [0.4, 0.5) is 8.78 Å². The van der Waals surface area contributed by atoms with E-state index in [1.165, 1.54) is 4.90 Å². The molecule has 0 radical (unpaired) electrons. The summed E-state index contributed by atoms with van der Waals surface area (Å²) in [7, 11) is 0. The second-order valence-corrected chi connectivity index (χ2v) is 4.47. The van der Waals surface area contributed by atoms with Crippen molar-refractivity contribution >= 4 is 11.8 Å². The molecule has 0 bridgehead atoms. The molecule has 0 aromatic heterocycles. The van der Waals surface area contributed by atoms with Crippen molar-refractivity contribution in [3.8, 4) is 0 Å². The topological polar surface area (TPSA) is 63.4 Å². The third kappa shape index (κ3) is 3.94. The van der Waals surface area contributed by atoms with Gasteiger partial charge in [-0.2, -0.15) is 0 Å². The summed E-state index contributed by atoms with van der Waals surface area (Å²) < 4.78 is 26.4. The van der Waals surface area contributed by atoms with Crippen LogP contribution in [0, 0.1) is 5.92 Å². The zero-order valence-corrected chi connectivity index (χ0v) is 9.92. The molecular formula is C11H18F2N2O2. The van der Waals surface area contributed by atoms with Crippen molar-refractivity contribution in [1.82, 2.24) is 4.90 Å². The van der Waals surface area contributed by atoms with E-state index in [1.807, 2.05) is 0 Å². The van der Waals surface area contributed by atoms with E-state index >= 15 is 0 Å². The maximum atomic E-state index is 13.2. The lowest BCUT2D eigenvalue weighted by Gasteiger charge is -2.31. The van der Waals surface area contributed by atoms with Gasteiger partial charge in [0.15, 0.2) is 0 Å². The average molecular weight is 248 g/mol. The number of hydrogen-bond donors (Lipinski definition) is 1. The molecule has 2 amide bonds. The molecular weight excluding hydrogens is 230 g/mol. The summed E-state index contributed by atoms with van der Waals surface area (Å²) in [6, 6.07) is 0. The van der Waals surface area contributed by atoms with Gasteiger partial charge in [-0.25, -0.2) is 8.78 Å². The highest BCUT2D eigenvalue weighted by molar-refractivity contribution is 5.85. The number of amides is 2. The van der Waals surface area contributed by atoms with Gasteiger partial charge in [0.05, 0.1) is 6.54 Å². The molecule has 0 spiro atoms. The van der Waals surface area contributed by atoms with Gasteiger partial charge in [0, 0.05) is 25.3 Å². The average Bonchev–Trinajstić information content (AvgIpc) is 2.23. The van der Waals surface area contributed by atoms with Gasteiger partial charge in [-0.05, 0) is 19.8 Å². The zero-order chi connectivity index (χ0) is 13.1. The Morgan fingerprint density at radius 3 is 2.59 bits per heavy atom. The lowest BCUT2D eigenvalue weighted by molar-refractivity contribution is -0.144. The lowest BCUT2D eigenvalue weighted by atomic mass is 9.85. The van der Waals surface area contributed by atoms with Gasteiger partial charge >= 0.3 is 0 Å². The van der Waals surface area contributed by atoms with Crippen molar-refractivity contribution in [2.75, 3.05) is 13.1 Å². The highest BCUT2D eigenvalue weighted by atomic mass is 19.3. The molecule has 1 saturated carbocycles. The predicted octanol–water partition coefficient (Wildman–Crippen LogP) is 1.15. The smallest absolute Gasteiger partial charge is 0.248 e. The minimum atomic E-state index is -2.76. The molecule has 1 aliphatic carbocycles. The van der Waals surface area contributed by atoms with Crippen molar-refractivity contribution in [1.29, 1.82) is 0 Å². The lowest BCUT2D eigenvalue weighted by Crippen LogP contribution is -2.44. The molecule has 0 saturated heterocycles. The first-order valence-electron chi connectivity index (χ1n) is 5.80. The molecule has 0 aromatic rings. The Morgan fingerprint density at radius 1 is 1.47 bits per heavy atom. The Labute approximate surface area is 99.1 Å². The molecule has 2 N–H and O–H groups in total. The monoisotopic (exact) mass is 248 g/mol. The van der Waals surface area contributed by atoms with Crippen molar-refractivity contribution in [2.24, 2.45) is 11.7 Å². The number of carbonyl (C=O) groups excluding carboxylic acids is 2. The quantitative estimate of drug-likeness (QED) is 0.811. The van der Waals surface area contributed by atoms with Crippen LogP contribution < -0.4 is 5.73 Å². The van der Waals surface area contributed by atoms with E-state index in [2.05, 4.69) is 0 Å². The maximum absolute atomic E-state index is 13.2. The Kier molecular flexibility index (Phi) is 4.42. The third-order valence-corrected chi connectivity index (χ3v) is 3.03. The van der Waals surface area contributed by atoms with Gasteiger partial charge in [0.1, 0.15) is 0 Å². The van der Waals surface area contributed by atoms with Crippen LogP contribution in [-0.4, -0.2) is 35.7 Å².